The van der Waals surface area contributed by atoms with Gasteiger partial charge >= 0.3 is 0 Å². The lowest BCUT2D eigenvalue weighted by molar-refractivity contribution is 0.0215. The quantitative estimate of drug-likeness (QED) is 0.835. The van der Waals surface area contributed by atoms with Gasteiger partial charge in [-0.1, -0.05) is 6.07 Å². The molecular weight excluding hydrogens is 242 g/mol. The zero-order valence-corrected chi connectivity index (χ0v) is 10.7. The number of rotatable bonds is 1. The zero-order chi connectivity index (χ0) is 12.8. The molecule has 3 saturated heterocycles. The molecular formula is C15H17NO3. The Morgan fingerprint density at radius 3 is 2.74 bits per heavy atom. The van der Waals surface area contributed by atoms with Gasteiger partial charge in [0.05, 0.1) is 6.10 Å². The summed E-state index contributed by atoms with van der Waals surface area (Å²) in [6.07, 6.45) is 3.99. The predicted octanol–water partition coefficient (Wildman–Crippen LogP) is 1.84. The third-order valence-corrected chi connectivity index (χ3v) is 4.37. The first kappa shape index (κ1) is 11.2. The molecule has 0 radical (unpaired) electrons. The topological polar surface area (TPSA) is 41.9 Å². The van der Waals surface area contributed by atoms with E-state index in [1.165, 1.54) is 0 Å². The Morgan fingerprint density at radius 2 is 1.95 bits per heavy atom. The fourth-order valence-corrected chi connectivity index (χ4v) is 3.25. The lowest BCUT2D eigenvalue weighted by atomic mass is 9.83. The first-order valence-corrected chi connectivity index (χ1v) is 6.85. The highest BCUT2D eigenvalue weighted by Crippen LogP contribution is 2.37. The number of benzene rings is 1. The van der Waals surface area contributed by atoms with Gasteiger partial charge in [-0.05, 0) is 42.5 Å². The molecule has 2 bridgehead atoms. The maximum absolute atomic E-state index is 10.3. The van der Waals surface area contributed by atoms with Crippen molar-refractivity contribution < 1.29 is 14.6 Å². The van der Waals surface area contributed by atoms with Crippen molar-refractivity contribution in [3.8, 4) is 11.5 Å². The van der Waals surface area contributed by atoms with Crippen LogP contribution in [-0.4, -0.2) is 36.0 Å². The predicted molar refractivity (Wildman–Crippen MR) is 70.8 cm³/mol. The highest BCUT2D eigenvalue weighted by molar-refractivity contribution is 5.59. The lowest BCUT2D eigenvalue weighted by Gasteiger charge is -2.45. The smallest absolute Gasteiger partial charge is 0.231 e. The van der Waals surface area contributed by atoms with E-state index in [9.17, 15) is 5.11 Å². The van der Waals surface area contributed by atoms with Gasteiger partial charge in [0.1, 0.15) is 0 Å². The summed E-state index contributed by atoms with van der Waals surface area (Å²) in [6.45, 7) is 2.43. The minimum Gasteiger partial charge on any atom is -0.454 e. The summed E-state index contributed by atoms with van der Waals surface area (Å²) in [5.74, 6) is 2.03. The molecule has 0 saturated carbocycles. The van der Waals surface area contributed by atoms with Crippen LogP contribution >= 0.6 is 0 Å². The van der Waals surface area contributed by atoms with Gasteiger partial charge in [-0.25, -0.2) is 0 Å². The van der Waals surface area contributed by atoms with E-state index in [2.05, 4.69) is 11.0 Å². The number of piperidine rings is 3. The van der Waals surface area contributed by atoms with Crippen molar-refractivity contribution in [1.29, 1.82) is 0 Å². The van der Waals surface area contributed by atoms with E-state index >= 15 is 0 Å². The maximum Gasteiger partial charge on any atom is 0.231 e. The summed E-state index contributed by atoms with van der Waals surface area (Å²) in [4.78, 5) is 2.30. The van der Waals surface area contributed by atoms with Gasteiger partial charge in [-0.2, -0.15) is 0 Å². The molecule has 1 aromatic rings. The van der Waals surface area contributed by atoms with Gasteiger partial charge in [-0.3, -0.25) is 0 Å². The molecule has 0 spiro atoms. The monoisotopic (exact) mass is 259 g/mol. The molecule has 100 valence electrons. The molecule has 4 heterocycles. The Kier molecular flexibility index (Phi) is 2.45. The molecule has 3 fully saturated rings. The van der Waals surface area contributed by atoms with Gasteiger partial charge in [-0.15, -0.1) is 0 Å². The van der Waals surface area contributed by atoms with Crippen LogP contribution in [0.4, 0.5) is 0 Å². The first-order valence-electron chi connectivity index (χ1n) is 6.85. The van der Waals surface area contributed by atoms with Crippen molar-refractivity contribution in [1.82, 2.24) is 4.90 Å². The fourth-order valence-electron chi connectivity index (χ4n) is 3.25. The summed E-state index contributed by atoms with van der Waals surface area (Å²) in [7, 11) is 0. The van der Waals surface area contributed by atoms with E-state index in [0.717, 1.165) is 48.7 Å². The Hall–Kier alpha value is -1.68. The Labute approximate surface area is 112 Å². The van der Waals surface area contributed by atoms with Crippen molar-refractivity contribution in [2.75, 3.05) is 19.9 Å². The number of hydrogen-bond acceptors (Lipinski definition) is 4. The second-order valence-electron chi connectivity index (χ2n) is 5.45. The van der Waals surface area contributed by atoms with E-state index in [-0.39, 0.29) is 6.10 Å². The number of ether oxygens (including phenoxy) is 2. The lowest BCUT2D eigenvalue weighted by Crippen LogP contribution is -2.48. The van der Waals surface area contributed by atoms with Crippen LogP contribution in [0.15, 0.2) is 23.9 Å². The molecule has 1 aromatic carbocycles. The Bertz CT molecular complexity index is 528. The van der Waals surface area contributed by atoms with Gasteiger partial charge in [0, 0.05) is 18.8 Å². The Morgan fingerprint density at radius 1 is 1.16 bits per heavy atom. The van der Waals surface area contributed by atoms with Gasteiger partial charge in [0.15, 0.2) is 11.5 Å². The van der Waals surface area contributed by atoms with Crippen LogP contribution in [-0.2, 0) is 0 Å². The molecule has 0 amide bonds. The van der Waals surface area contributed by atoms with Gasteiger partial charge in [0.25, 0.3) is 0 Å². The molecule has 4 aliphatic heterocycles. The van der Waals surface area contributed by atoms with Crippen LogP contribution in [0.1, 0.15) is 18.4 Å². The molecule has 5 rings (SSSR count). The third kappa shape index (κ3) is 1.78. The number of nitrogens with zero attached hydrogens (tertiary/aromatic N) is 1. The van der Waals surface area contributed by atoms with Crippen molar-refractivity contribution in [3.63, 3.8) is 0 Å². The number of aliphatic hydroxyl groups is 1. The van der Waals surface area contributed by atoms with Crippen molar-refractivity contribution in [2.45, 2.75) is 18.9 Å². The highest BCUT2D eigenvalue weighted by Gasteiger charge is 2.36. The minimum atomic E-state index is -0.312. The fraction of sp³-hybridized carbons (Fsp3) is 0.467. The second kappa shape index (κ2) is 4.17. The Balaban J connectivity index is 1.68. The standard InChI is InChI=1S/C15H17NO3/c17-15-11-3-5-16(6-4-11)12(15)7-10-1-2-13-14(8-10)19-9-18-13/h1-2,7-8,11,15,17H,3-6,9H2. The van der Waals surface area contributed by atoms with Crippen LogP contribution in [0, 0.1) is 5.92 Å². The zero-order valence-electron chi connectivity index (χ0n) is 10.7. The van der Waals surface area contributed by atoms with E-state index in [4.69, 9.17) is 9.47 Å². The molecule has 1 unspecified atom stereocenters. The van der Waals surface area contributed by atoms with E-state index in [0.29, 0.717) is 12.7 Å². The maximum atomic E-state index is 10.3. The van der Waals surface area contributed by atoms with Crippen molar-refractivity contribution in [3.05, 3.63) is 29.5 Å². The summed E-state index contributed by atoms with van der Waals surface area (Å²) in [5.41, 5.74) is 2.12. The van der Waals surface area contributed by atoms with E-state index < -0.39 is 0 Å². The molecule has 4 heteroatoms. The molecule has 1 atom stereocenters. The second-order valence-corrected chi connectivity index (χ2v) is 5.45. The summed E-state index contributed by atoms with van der Waals surface area (Å²) in [5, 5.41) is 10.3. The van der Waals surface area contributed by atoms with Crippen LogP contribution in [0.5, 0.6) is 11.5 Å². The first-order chi connectivity index (χ1) is 9.31. The normalized spacial score (nSPS) is 30.2. The molecule has 4 nitrogen and oxygen atoms in total. The summed E-state index contributed by atoms with van der Waals surface area (Å²) < 4.78 is 10.7. The average Bonchev–Trinajstić information content (AvgIpc) is 2.91. The number of aliphatic hydroxyl groups excluding tert-OH is 1. The number of hydrogen-bond donors (Lipinski definition) is 1. The number of fused-ring (bicyclic) bond motifs is 4. The average molecular weight is 259 g/mol. The van der Waals surface area contributed by atoms with Crippen LogP contribution < -0.4 is 9.47 Å². The molecule has 4 aliphatic rings. The molecule has 0 aliphatic carbocycles. The van der Waals surface area contributed by atoms with Gasteiger partial charge in [0.2, 0.25) is 6.79 Å². The van der Waals surface area contributed by atoms with E-state index in [1.807, 2.05) is 18.2 Å². The van der Waals surface area contributed by atoms with Crippen molar-refractivity contribution >= 4 is 6.08 Å². The van der Waals surface area contributed by atoms with Crippen LogP contribution in [0.2, 0.25) is 0 Å². The van der Waals surface area contributed by atoms with Gasteiger partial charge < -0.3 is 19.5 Å². The van der Waals surface area contributed by atoms with Crippen molar-refractivity contribution in [2.24, 2.45) is 5.92 Å². The molecule has 19 heavy (non-hydrogen) atoms. The minimum absolute atomic E-state index is 0.298. The van der Waals surface area contributed by atoms with Crippen LogP contribution in [0.25, 0.3) is 6.08 Å². The molecule has 1 N–H and O–H groups in total. The highest BCUT2D eigenvalue weighted by atomic mass is 16.7. The SMILES string of the molecule is OC1C(=Cc2ccc3c(c2)OCO3)N2CCC1CC2. The summed E-state index contributed by atoms with van der Waals surface area (Å²) in [6, 6.07) is 5.92. The van der Waals surface area contributed by atoms with E-state index in [1.54, 1.807) is 0 Å². The largest absolute Gasteiger partial charge is 0.454 e. The molecule has 0 aromatic heterocycles. The third-order valence-electron chi connectivity index (χ3n) is 4.37. The summed E-state index contributed by atoms with van der Waals surface area (Å²) >= 11 is 0. The van der Waals surface area contributed by atoms with Crippen LogP contribution in [0.3, 0.4) is 0 Å².